The number of allylic oxidation sites excluding steroid dienone is 2. The maximum absolute atomic E-state index is 12.6. The Bertz CT molecular complexity index is 891. The molecule has 9 atom stereocenters. The number of cyclic esters (lactones) is 1. The minimum atomic E-state index is -1.41. The lowest BCUT2D eigenvalue weighted by molar-refractivity contribution is -0.157. The fourth-order valence-electron chi connectivity index (χ4n) is 5.13. The fourth-order valence-corrected chi connectivity index (χ4v) is 5.13. The van der Waals surface area contributed by atoms with Crippen LogP contribution in [0.3, 0.4) is 0 Å². The first-order valence-corrected chi connectivity index (χ1v) is 13.8. The van der Waals surface area contributed by atoms with Crippen LogP contribution in [0.15, 0.2) is 36.0 Å². The summed E-state index contributed by atoms with van der Waals surface area (Å²) in [6.07, 6.45) is 8.80. The van der Waals surface area contributed by atoms with Crippen molar-refractivity contribution in [1.82, 2.24) is 0 Å². The molecule has 0 amide bonds. The van der Waals surface area contributed by atoms with Crippen LogP contribution in [0.1, 0.15) is 87.0 Å². The standard InChI is InChI=1S/C30H48O8/c1-8-24(33)21(4)25-14-16-29(6,38-25)15-9-10-19(2)28-20(3)11-12-26(36-22(5)31)30(7,35)17-13-23(32)18-27(34)37-28/h9-12,15,20-21,23-26,28,32-33,35H,8,13-14,16-18H2,1-7H3/b12-11+,15-9+,19-10+. The van der Waals surface area contributed by atoms with Gasteiger partial charge in [0.25, 0.3) is 0 Å². The molecular weight excluding hydrogens is 488 g/mol. The Labute approximate surface area is 227 Å². The van der Waals surface area contributed by atoms with Gasteiger partial charge in [0, 0.05) is 18.8 Å². The average molecular weight is 537 g/mol. The summed E-state index contributed by atoms with van der Waals surface area (Å²) in [5, 5.41) is 31.5. The van der Waals surface area contributed by atoms with E-state index in [1.165, 1.54) is 6.92 Å². The van der Waals surface area contributed by atoms with Crippen molar-refractivity contribution in [3.05, 3.63) is 36.0 Å². The van der Waals surface area contributed by atoms with Crippen LogP contribution in [0.2, 0.25) is 0 Å². The predicted molar refractivity (Wildman–Crippen MR) is 145 cm³/mol. The van der Waals surface area contributed by atoms with Gasteiger partial charge in [-0.1, -0.05) is 45.1 Å². The van der Waals surface area contributed by atoms with Crippen LogP contribution in [0.4, 0.5) is 0 Å². The molecule has 3 N–H and O–H groups in total. The first-order chi connectivity index (χ1) is 17.7. The summed E-state index contributed by atoms with van der Waals surface area (Å²) in [7, 11) is 0. The van der Waals surface area contributed by atoms with E-state index in [0.717, 1.165) is 18.4 Å². The highest BCUT2D eigenvalue weighted by atomic mass is 16.6. The van der Waals surface area contributed by atoms with Crippen LogP contribution in [0.5, 0.6) is 0 Å². The van der Waals surface area contributed by atoms with Crippen molar-refractivity contribution in [2.45, 2.75) is 129 Å². The Kier molecular flexibility index (Phi) is 11.8. The number of rotatable bonds is 7. The molecule has 0 aliphatic carbocycles. The number of hydrogen-bond acceptors (Lipinski definition) is 8. The van der Waals surface area contributed by atoms with Gasteiger partial charge in [0.15, 0.2) is 0 Å². The minimum absolute atomic E-state index is 0.00379. The smallest absolute Gasteiger partial charge is 0.309 e. The maximum atomic E-state index is 12.6. The lowest BCUT2D eigenvalue weighted by Gasteiger charge is -2.32. The van der Waals surface area contributed by atoms with Gasteiger partial charge in [-0.15, -0.1) is 0 Å². The third-order valence-electron chi connectivity index (χ3n) is 7.83. The molecule has 0 spiro atoms. The van der Waals surface area contributed by atoms with E-state index in [0.29, 0.717) is 6.42 Å². The second-order valence-corrected chi connectivity index (χ2v) is 11.6. The van der Waals surface area contributed by atoms with Crippen LogP contribution >= 0.6 is 0 Å². The van der Waals surface area contributed by atoms with E-state index < -0.39 is 41.5 Å². The number of aliphatic hydroxyl groups excluding tert-OH is 2. The van der Waals surface area contributed by atoms with E-state index in [2.05, 4.69) is 0 Å². The Hall–Kier alpha value is -2.00. The number of esters is 2. The summed E-state index contributed by atoms with van der Waals surface area (Å²) in [4.78, 5) is 24.3. The SMILES string of the molecule is CCC(O)C(C)C1CCC(C)(/C=C/C=C(\C)C2OC(=O)CC(O)CCC(C)(O)C(OC(C)=O)/C=C/C2C)O1. The zero-order chi connectivity index (χ0) is 28.7. The van der Waals surface area contributed by atoms with Crippen molar-refractivity contribution >= 4 is 11.9 Å². The van der Waals surface area contributed by atoms with Crippen molar-refractivity contribution in [3.63, 3.8) is 0 Å². The van der Waals surface area contributed by atoms with Crippen LogP contribution < -0.4 is 0 Å². The summed E-state index contributed by atoms with van der Waals surface area (Å²) < 4.78 is 17.5. The Morgan fingerprint density at radius 3 is 2.55 bits per heavy atom. The van der Waals surface area contributed by atoms with E-state index in [9.17, 15) is 24.9 Å². The van der Waals surface area contributed by atoms with Gasteiger partial charge < -0.3 is 29.5 Å². The second-order valence-electron chi connectivity index (χ2n) is 11.6. The molecule has 1 fully saturated rings. The Balaban J connectivity index is 2.24. The van der Waals surface area contributed by atoms with Crippen LogP contribution in [-0.2, 0) is 23.8 Å². The number of ether oxygens (including phenoxy) is 3. The summed E-state index contributed by atoms with van der Waals surface area (Å²) in [5.74, 6) is -1.28. The monoisotopic (exact) mass is 536 g/mol. The van der Waals surface area contributed by atoms with E-state index in [1.54, 1.807) is 19.1 Å². The highest BCUT2D eigenvalue weighted by Crippen LogP contribution is 2.36. The first kappa shape index (κ1) is 32.2. The van der Waals surface area contributed by atoms with E-state index in [1.807, 2.05) is 52.8 Å². The molecule has 38 heavy (non-hydrogen) atoms. The van der Waals surface area contributed by atoms with Gasteiger partial charge in [-0.3, -0.25) is 9.59 Å². The summed E-state index contributed by atoms with van der Waals surface area (Å²) in [6.45, 7) is 12.6. The molecule has 9 unspecified atom stereocenters. The van der Waals surface area contributed by atoms with Crippen LogP contribution in [0, 0.1) is 11.8 Å². The topological polar surface area (TPSA) is 123 Å². The lowest BCUT2D eigenvalue weighted by atomic mass is 9.88. The molecule has 2 aliphatic rings. The molecule has 0 saturated carbocycles. The van der Waals surface area contributed by atoms with Crippen molar-refractivity contribution < 1.29 is 39.1 Å². The first-order valence-electron chi connectivity index (χ1n) is 13.8. The van der Waals surface area contributed by atoms with Gasteiger partial charge in [0.05, 0.1) is 30.3 Å². The quantitative estimate of drug-likeness (QED) is 0.252. The molecule has 0 aromatic rings. The van der Waals surface area contributed by atoms with Gasteiger partial charge in [0.1, 0.15) is 17.8 Å². The highest BCUT2D eigenvalue weighted by molar-refractivity contribution is 5.70. The zero-order valence-electron chi connectivity index (χ0n) is 24.1. The lowest BCUT2D eigenvalue weighted by Crippen LogP contribution is -2.42. The fraction of sp³-hybridized carbons (Fsp3) is 0.733. The minimum Gasteiger partial charge on any atom is -0.457 e. The van der Waals surface area contributed by atoms with E-state index >= 15 is 0 Å². The number of carbonyl (C=O) groups is 2. The maximum Gasteiger partial charge on any atom is 0.309 e. The molecule has 0 aromatic heterocycles. The van der Waals surface area contributed by atoms with E-state index in [4.69, 9.17) is 14.2 Å². The molecule has 2 heterocycles. The van der Waals surface area contributed by atoms with Gasteiger partial charge in [-0.25, -0.2) is 0 Å². The second kappa shape index (κ2) is 13.9. The van der Waals surface area contributed by atoms with Crippen LogP contribution in [-0.4, -0.2) is 69.0 Å². The molecule has 2 aliphatic heterocycles. The Morgan fingerprint density at radius 2 is 1.92 bits per heavy atom. The molecule has 8 heteroatoms. The Morgan fingerprint density at radius 1 is 1.24 bits per heavy atom. The van der Waals surface area contributed by atoms with Crippen molar-refractivity contribution in [2.75, 3.05) is 0 Å². The van der Waals surface area contributed by atoms with Crippen LogP contribution in [0.25, 0.3) is 0 Å². The van der Waals surface area contributed by atoms with Crippen molar-refractivity contribution in [3.8, 4) is 0 Å². The molecular formula is C30H48O8. The molecule has 0 bridgehead atoms. The van der Waals surface area contributed by atoms with Gasteiger partial charge in [-0.05, 0) is 64.5 Å². The average Bonchev–Trinajstić information content (AvgIpc) is 3.23. The van der Waals surface area contributed by atoms with Gasteiger partial charge in [-0.2, -0.15) is 0 Å². The van der Waals surface area contributed by atoms with E-state index in [-0.39, 0.29) is 43.3 Å². The van der Waals surface area contributed by atoms with Gasteiger partial charge >= 0.3 is 11.9 Å². The number of carbonyl (C=O) groups excluding carboxylic acids is 2. The third-order valence-corrected chi connectivity index (χ3v) is 7.83. The van der Waals surface area contributed by atoms with Gasteiger partial charge in [0.2, 0.25) is 0 Å². The predicted octanol–water partition coefficient (Wildman–Crippen LogP) is 4.17. The molecule has 216 valence electrons. The number of aliphatic hydroxyl groups is 3. The van der Waals surface area contributed by atoms with Crippen molar-refractivity contribution in [2.24, 2.45) is 11.8 Å². The molecule has 2 rings (SSSR count). The summed E-state index contributed by atoms with van der Waals surface area (Å²) in [5.41, 5.74) is -1.07. The molecule has 8 nitrogen and oxygen atoms in total. The normalized spacial score (nSPS) is 38.1. The molecule has 0 radical (unpaired) electrons. The highest BCUT2D eigenvalue weighted by Gasteiger charge is 2.38. The molecule has 1 saturated heterocycles. The number of hydrogen-bond donors (Lipinski definition) is 3. The zero-order valence-corrected chi connectivity index (χ0v) is 24.1. The largest absolute Gasteiger partial charge is 0.457 e. The summed E-state index contributed by atoms with van der Waals surface area (Å²) in [6, 6.07) is 0. The summed E-state index contributed by atoms with van der Waals surface area (Å²) >= 11 is 0. The third kappa shape index (κ3) is 9.33. The molecule has 0 aromatic carbocycles. The van der Waals surface area contributed by atoms with Crippen molar-refractivity contribution in [1.29, 1.82) is 0 Å².